The van der Waals surface area contributed by atoms with Gasteiger partial charge in [0, 0.05) is 24.9 Å². The third-order valence-electron chi connectivity index (χ3n) is 4.97. The highest BCUT2D eigenvalue weighted by atomic mass is 32.2. The summed E-state index contributed by atoms with van der Waals surface area (Å²) in [6.07, 6.45) is -0.131. The number of hydrogen-bond donors (Lipinski definition) is 1. The molecule has 2 aliphatic heterocycles. The van der Waals surface area contributed by atoms with Crippen molar-refractivity contribution in [2.24, 2.45) is 4.99 Å². The van der Waals surface area contributed by atoms with Crippen LogP contribution in [0.4, 0.5) is 0 Å². The highest BCUT2D eigenvalue weighted by molar-refractivity contribution is 8.16. The van der Waals surface area contributed by atoms with Crippen molar-refractivity contribution in [1.29, 1.82) is 0 Å². The van der Waals surface area contributed by atoms with Gasteiger partial charge in [-0.1, -0.05) is 30.0 Å². The van der Waals surface area contributed by atoms with Gasteiger partial charge in [-0.2, -0.15) is 0 Å². The third kappa shape index (κ3) is 5.16. The summed E-state index contributed by atoms with van der Waals surface area (Å²) < 4.78 is 16.2. The molecule has 0 aliphatic carbocycles. The van der Waals surface area contributed by atoms with Gasteiger partial charge in [-0.15, -0.1) is 0 Å². The maximum Gasteiger partial charge on any atom is 0.338 e. The number of fused-ring (bicyclic) bond motifs is 1. The van der Waals surface area contributed by atoms with Crippen molar-refractivity contribution in [3.63, 3.8) is 0 Å². The number of rotatable bonds is 9. The molecule has 0 radical (unpaired) electrons. The summed E-state index contributed by atoms with van der Waals surface area (Å²) in [5, 5.41) is 5.45. The standard InChI is InChI=1S/C23H29N3O5S/c1-14(2)31-22(28)20-15(3)25-23-26(21(20)17-8-6-7-9-18(17)30-5)16(13-32-23)12-19(27)24-10-11-29-4/h6-9,13-14,21H,10-12H2,1-5H3,(H,24,27). The van der Waals surface area contributed by atoms with Gasteiger partial charge in [0.05, 0.1) is 43.6 Å². The van der Waals surface area contributed by atoms with Crippen molar-refractivity contribution in [1.82, 2.24) is 10.2 Å². The van der Waals surface area contributed by atoms with E-state index in [1.54, 1.807) is 21.1 Å². The summed E-state index contributed by atoms with van der Waals surface area (Å²) in [5.41, 5.74) is 2.57. The number of thioether (sulfide) groups is 1. The number of allylic oxidation sites excluding steroid dienone is 1. The van der Waals surface area contributed by atoms with Gasteiger partial charge in [0.2, 0.25) is 5.91 Å². The lowest BCUT2D eigenvalue weighted by atomic mass is 9.93. The average molecular weight is 460 g/mol. The van der Waals surface area contributed by atoms with Crippen LogP contribution in [0.5, 0.6) is 5.75 Å². The highest BCUT2D eigenvalue weighted by Crippen LogP contribution is 2.46. The lowest BCUT2D eigenvalue weighted by Crippen LogP contribution is -2.38. The van der Waals surface area contributed by atoms with Crippen LogP contribution in [0.2, 0.25) is 0 Å². The first-order chi connectivity index (χ1) is 15.4. The van der Waals surface area contributed by atoms with Crippen molar-refractivity contribution in [3.8, 4) is 5.75 Å². The van der Waals surface area contributed by atoms with Crippen molar-refractivity contribution in [2.75, 3.05) is 27.4 Å². The van der Waals surface area contributed by atoms with Gasteiger partial charge >= 0.3 is 5.97 Å². The van der Waals surface area contributed by atoms with Crippen molar-refractivity contribution < 1.29 is 23.8 Å². The van der Waals surface area contributed by atoms with E-state index in [2.05, 4.69) is 10.3 Å². The van der Waals surface area contributed by atoms with Gasteiger partial charge in [0.1, 0.15) is 5.75 Å². The Labute approximate surface area is 192 Å². The fourth-order valence-corrected chi connectivity index (χ4v) is 4.58. The van der Waals surface area contributed by atoms with Crippen LogP contribution in [0.1, 0.15) is 38.8 Å². The van der Waals surface area contributed by atoms with E-state index in [0.29, 0.717) is 35.3 Å². The second kappa shape index (κ2) is 10.7. The number of para-hydroxylation sites is 1. The predicted molar refractivity (Wildman–Crippen MR) is 124 cm³/mol. The lowest BCUT2D eigenvalue weighted by molar-refractivity contribution is -0.143. The van der Waals surface area contributed by atoms with Gasteiger partial charge in [0.25, 0.3) is 0 Å². The number of ether oxygens (including phenoxy) is 3. The quantitative estimate of drug-likeness (QED) is 0.447. The number of esters is 1. The van der Waals surface area contributed by atoms with Crippen LogP contribution in [0.25, 0.3) is 0 Å². The van der Waals surface area contributed by atoms with Crippen molar-refractivity contribution in [3.05, 3.63) is 52.2 Å². The average Bonchev–Trinajstić information content (AvgIpc) is 3.14. The molecule has 1 aromatic rings. The molecule has 0 spiro atoms. The molecule has 3 rings (SSSR count). The lowest BCUT2D eigenvalue weighted by Gasteiger charge is -2.37. The molecule has 32 heavy (non-hydrogen) atoms. The second-order valence-electron chi connectivity index (χ2n) is 7.61. The van der Waals surface area contributed by atoms with Crippen molar-refractivity contribution in [2.45, 2.75) is 39.3 Å². The van der Waals surface area contributed by atoms with E-state index in [1.807, 2.05) is 48.4 Å². The molecule has 0 fully saturated rings. The minimum absolute atomic E-state index is 0.133. The molecule has 9 heteroatoms. The Kier molecular flexibility index (Phi) is 7.98. The molecule has 1 N–H and O–H groups in total. The summed E-state index contributed by atoms with van der Waals surface area (Å²) in [7, 11) is 3.18. The summed E-state index contributed by atoms with van der Waals surface area (Å²) in [6, 6.07) is 7.01. The number of aliphatic imine (C=N–C) groups is 1. The molecule has 8 nitrogen and oxygen atoms in total. The van der Waals surface area contributed by atoms with E-state index >= 15 is 0 Å². The largest absolute Gasteiger partial charge is 0.496 e. The molecule has 0 saturated carbocycles. The molecular formula is C23H29N3O5S. The van der Waals surface area contributed by atoms with Crippen LogP contribution in [0, 0.1) is 0 Å². The van der Waals surface area contributed by atoms with Crippen LogP contribution in [-0.2, 0) is 19.1 Å². The number of methoxy groups -OCH3 is 2. The molecule has 1 aromatic carbocycles. The Balaban J connectivity index is 2.01. The fourth-order valence-electron chi connectivity index (χ4n) is 3.61. The monoisotopic (exact) mass is 459 g/mol. The molecule has 2 heterocycles. The Morgan fingerprint density at radius 1 is 1.25 bits per heavy atom. The van der Waals surface area contributed by atoms with Gasteiger partial charge in [-0.25, -0.2) is 9.79 Å². The number of amides is 1. The predicted octanol–water partition coefficient (Wildman–Crippen LogP) is 3.37. The Morgan fingerprint density at radius 3 is 2.69 bits per heavy atom. The van der Waals surface area contributed by atoms with Crippen LogP contribution in [-0.4, -0.2) is 55.4 Å². The second-order valence-corrected chi connectivity index (χ2v) is 8.45. The number of hydrogen-bond acceptors (Lipinski definition) is 8. The zero-order valence-electron chi connectivity index (χ0n) is 19.0. The number of nitrogens with one attached hydrogen (secondary N) is 1. The summed E-state index contributed by atoms with van der Waals surface area (Å²) in [4.78, 5) is 32.3. The number of nitrogens with zero attached hydrogens (tertiary/aromatic N) is 2. The van der Waals surface area contributed by atoms with Crippen LogP contribution in [0.15, 0.2) is 51.6 Å². The normalized spacial score (nSPS) is 17.7. The van der Waals surface area contributed by atoms with E-state index < -0.39 is 12.0 Å². The van der Waals surface area contributed by atoms with E-state index in [4.69, 9.17) is 14.2 Å². The van der Waals surface area contributed by atoms with Gasteiger partial charge < -0.3 is 24.4 Å². The first-order valence-corrected chi connectivity index (χ1v) is 11.3. The van der Waals surface area contributed by atoms with Crippen LogP contribution in [0.3, 0.4) is 0 Å². The van der Waals surface area contributed by atoms with E-state index in [-0.39, 0.29) is 18.4 Å². The first kappa shape index (κ1) is 23.9. The molecule has 0 aromatic heterocycles. The zero-order chi connectivity index (χ0) is 23.3. The fraction of sp³-hybridized carbons (Fsp3) is 0.435. The molecule has 0 saturated heterocycles. The van der Waals surface area contributed by atoms with Crippen molar-refractivity contribution >= 4 is 28.8 Å². The van der Waals surface area contributed by atoms with Gasteiger partial charge in [-0.05, 0) is 32.2 Å². The number of amidine groups is 1. The minimum atomic E-state index is -0.530. The topological polar surface area (TPSA) is 89.5 Å². The Morgan fingerprint density at radius 2 is 2.00 bits per heavy atom. The third-order valence-corrected chi connectivity index (χ3v) is 5.86. The van der Waals surface area contributed by atoms with Gasteiger partial charge in [0.15, 0.2) is 5.17 Å². The van der Waals surface area contributed by atoms with E-state index in [1.165, 1.54) is 11.8 Å². The molecule has 172 valence electrons. The SMILES string of the molecule is COCCNC(=O)CC1=CSC2=NC(C)=C(C(=O)OC(C)C)C(c3ccccc3OC)N12. The Hall–Kier alpha value is -2.78. The molecule has 2 aliphatic rings. The summed E-state index contributed by atoms with van der Waals surface area (Å²) in [5.74, 6) is 0.0747. The number of carbonyl (C=O) groups excluding carboxylic acids is 2. The molecule has 1 amide bonds. The molecule has 1 unspecified atom stereocenters. The zero-order valence-corrected chi connectivity index (χ0v) is 19.8. The first-order valence-electron chi connectivity index (χ1n) is 10.4. The van der Waals surface area contributed by atoms with E-state index in [0.717, 1.165) is 11.3 Å². The molecule has 1 atom stereocenters. The van der Waals surface area contributed by atoms with Crippen LogP contribution < -0.4 is 10.1 Å². The Bertz CT molecular complexity index is 970. The molecular weight excluding hydrogens is 430 g/mol. The number of carbonyl (C=O) groups is 2. The molecule has 0 bridgehead atoms. The summed E-state index contributed by atoms with van der Waals surface area (Å²) >= 11 is 1.43. The number of benzene rings is 1. The minimum Gasteiger partial charge on any atom is -0.496 e. The van der Waals surface area contributed by atoms with Gasteiger partial charge in [-0.3, -0.25) is 4.79 Å². The van der Waals surface area contributed by atoms with Crippen LogP contribution >= 0.6 is 11.8 Å². The highest BCUT2D eigenvalue weighted by Gasteiger charge is 2.42. The summed E-state index contributed by atoms with van der Waals surface area (Å²) in [6.45, 7) is 6.29. The smallest absolute Gasteiger partial charge is 0.338 e. The van der Waals surface area contributed by atoms with E-state index in [9.17, 15) is 9.59 Å². The maximum absolute atomic E-state index is 13.2. The maximum atomic E-state index is 13.2.